The molecule has 0 aliphatic carbocycles. The monoisotopic (exact) mass is 283 g/mol. The second kappa shape index (κ2) is 7.07. The Labute approximate surface area is 122 Å². The molecule has 5 heteroatoms. The van der Waals surface area contributed by atoms with E-state index in [9.17, 15) is 9.59 Å². The molecule has 5 nitrogen and oxygen atoms in total. The van der Waals surface area contributed by atoms with Crippen molar-refractivity contribution >= 4 is 11.8 Å². The van der Waals surface area contributed by atoms with Crippen LogP contribution in [0, 0.1) is 11.8 Å². The quantitative estimate of drug-likeness (QED) is 0.767. The molecule has 0 spiro atoms. The van der Waals surface area contributed by atoms with Gasteiger partial charge in [0.2, 0.25) is 11.8 Å². The first-order valence-electron chi connectivity index (χ1n) is 7.57. The molecule has 1 heterocycles. The van der Waals surface area contributed by atoms with Gasteiger partial charge < -0.3 is 10.6 Å². The van der Waals surface area contributed by atoms with Crippen molar-refractivity contribution in [3.63, 3.8) is 0 Å². The lowest BCUT2D eigenvalue weighted by molar-refractivity contribution is -0.132. The van der Waals surface area contributed by atoms with Crippen molar-refractivity contribution in [2.75, 3.05) is 19.6 Å². The van der Waals surface area contributed by atoms with Gasteiger partial charge in [-0.05, 0) is 38.0 Å². The Balaban J connectivity index is 2.50. The molecule has 1 aliphatic rings. The number of carbonyl (C=O) groups excluding carboxylic acids is 2. The highest BCUT2D eigenvalue weighted by atomic mass is 16.2. The molecule has 0 saturated carbocycles. The summed E-state index contributed by atoms with van der Waals surface area (Å²) in [5.74, 6) is 0.703. The molecule has 0 aromatic carbocycles. The second-order valence-corrected chi connectivity index (χ2v) is 6.71. The molecule has 20 heavy (non-hydrogen) atoms. The number of amides is 2. The van der Waals surface area contributed by atoms with Gasteiger partial charge in [-0.2, -0.15) is 0 Å². The third-order valence-corrected chi connectivity index (χ3v) is 4.13. The molecule has 3 N–H and O–H groups in total. The number of carbonyl (C=O) groups is 2. The van der Waals surface area contributed by atoms with Crippen LogP contribution in [-0.4, -0.2) is 41.9 Å². The van der Waals surface area contributed by atoms with Gasteiger partial charge in [0.15, 0.2) is 0 Å². The standard InChI is InChI=1S/C15H29N3O2/c1-11(2)9-15(4,14(16)20)17-10-13(19)18-7-5-12(3)6-8-18/h11-12,17H,5-10H2,1-4H3,(H2,16,20). The summed E-state index contributed by atoms with van der Waals surface area (Å²) in [7, 11) is 0. The lowest BCUT2D eigenvalue weighted by Crippen LogP contribution is -2.56. The number of nitrogens with two attached hydrogens (primary N) is 1. The average molecular weight is 283 g/mol. The highest BCUT2D eigenvalue weighted by Gasteiger charge is 2.32. The summed E-state index contributed by atoms with van der Waals surface area (Å²) in [5.41, 5.74) is 4.66. The fourth-order valence-electron chi connectivity index (χ4n) is 2.72. The van der Waals surface area contributed by atoms with E-state index < -0.39 is 11.4 Å². The fourth-order valence-corrected chi connectivity index (χ4v) is 2.72. The maximum atomic E-state index is 12.2. The van der Waals surface area contributed by atoms with Crippen LogP contribution in [0.5, 0.6) is 0 Å². The molecule has 1 unspecified atom stereocenters. The van der Waals surface area contributed by atoms with Crippen molar-refractivity contribution < 1.29 is 9.59 Å². The SMILES string of the molecule is CC(C)CC(C)(NCC(=O)N1CCC(C)CC1)C(N)=O. The molecule has 1 saturated heterocycles. The first-order chi connectivity index (χ1) is 9.24. The summed E-state index contributed by atoms with van der Waals surface area (Å²) in [6.07, 6.45) is 2.75. The highest BCUT2D eigenvalue weighted by molar-refractivity contribution is 5.85. The summed E-state index contributed by atoms with van der Waals surface area (Å²) >= 11 is 0. The van der Waals surface area contributed by atoms with Crippen LogP contribution in [0.3, 0.4) is 0 Å². The highest BCUT2D eigenvalue weighted by Crippen LogP contribution is 2.18. The van der Waals surface area contributed by atoms with Crippen LogP contribution in [0.2, 0.25) is 0 Å². The number of hydrogen-bond donors (Lipinski definition) is 2. The molecule has 1 fully saturated rings. The van der Waals surface area contributed by atoms with Crippen LogP contribution in [0.15, 0.2) is 0 Å². The van der Waals surface area contributed by atoms with E-state index in [4.69, 9.17) is 5.73 Å². The Hall–Kier alpha value is -1.10. The van der Waals surface area contributed by atoms with Crippen molar-refractivity contribution in [2.24, 2.45) is 17.6 Å². The molecular formula is C15H29N3O2. The lowest BCUT2D eigenvalue weighted by atomic mass is 9.90. The van der Waals surface area contributed by atoms with Gasteiger partial charge in [0.05, 0.1) is 12.1 Å². The molecular weight excluding hydrogens is 254 g/mol. The van der Waals surface area contributed by atoms with Crippen LogP contribution in [0.1, 0.15) is 47.0 Å². The van der Waals surface area contributed by atoms with Gasteiger partial charge in [-0.3, -0.25) is 14.9 Å². The third kappa shape index (κ3) is 4.78. The molecule has 1 atom stereocenters. The topological polar surface area (TPSA) is 75.4 Å². The van der Waals surface area contributed by atoms with Crippen LogP contribution in [0.25, 0.3) is 0 Å². The predicted octanol–water partition coefficient (Wildman–Crippen LogP) is 1.12. The van der Waals surface area contributed by atoms with Crippen molar-refractivity contribution in [2.45, 2.75) is 52.5 Å². The van der Waals surface area contributed by atoms with Gasteiger partial charge in [-0.15, -0.1) is 0 Å². The minimum atomic E-state index is -0.813. The van der Waals surface area contributed by atoms with Gasteiger partial charge >= 0.3 is 0 Å². The molecule has 0 radical (unpaired) electrons. The summed E-state index contributed by atoms with van der Waals surface area (Å²) in [6, 6.07) is 0. The Morgan fingerprint density at radius 2 is 1.90 bits per heavy atom. The minimum Gasteiger partial charge on any atom is -0.368 e. The first kappa shape index (κ1) is 17.0. The fraction of sp³-hybridized carbons (Fsp3) is 0.867. The molecule has 0 bridgehead atoms. The summed E-state index contributed by atoms with van der Waals surface area (Å²) in [4.78, 5) is 25.7. The number of piperidine rings is 1. The molecule has 0 aromatic heterocycles. The van der Waals surface area contributed by atoms with Crippen molar-refractivity contribution in [3.05, 3.63) is 0 Å². The Bertz CT molecular complexity index is 349. The second-order valence-electron chi connectivity index (χ2n) is 6.71. The van der Waals surface area contributed by atoms with Gasteiger partial charge in [-0.25, -0.2) is 0 Å². The zero-order valence-electron chi connectivity index (χ0n) is 13.2. The first-order valence-corrected chi connectivity index (χ1v) is 7.57. The Morgan fingerprint density at radius 1 is 1.35 bits per heavy atom. The van der Waals surface area contributed by atoms with Crippen LogP contribution in [0.4, 0.5) is 0 Å². The van der Waals surface area contributed by atoms with Crippen LogP contribution >= 0.6 is 0 Å². The summed E-state index contributed by atoms with van der Waals surface area (Å²) < 4.78 is 0. The maximum Gasteiger partial charge on any atom is 0.237 e. The molecule has 2 amide bonds. The van der Waals surface area contributed by atoms with E-state index in [1.807, 2.05) is 18.7 Å². The van der Waals surface area contributed by atoms with Gasteiger partial charge in [-0.1, -0.05) is 20.8 Å². The molecule has 116 valence electrons. The zero-order chi connectivity index (χ0) is 15.3. The van der Waals surface area contributed by atoms with Crippen molar-refractivity contribution in [3.8, 4) is 0 Å². The van der Waals surface area contributed by atoms with E-state index in [1.165, 1.54) is 0 Å². The van der Waals surface area contributed by atoms with Crippen molar-refractivity contribution in [1.29, 1.82) is 0 Å². The zero-order valence-corrected chi connectivity index (χ0v) is 13.2. The average Bonchev–Trinajstić information content (AvgIpc) is 2.36. The molecule has 0 aromatic rings. The smallest absolute Gasteiger partial charge is 0.237 e. The van der Waals surface area contributed by atoms with E-state index in [0.29, 0.717) is 18.3 Å². The Morgan fingerprint density at radius 3 is 2.35 bits per heavy atom. The predicted molar refractivity (Wildman–Crippen MR) is 80.0 cm³/mol. The lowest BCUT2D eigenvalue weighted by Gasteiger charge is -2.33. The maximum absolute atomic E-state index is 12.2. The van der Waals surface area contributed by atoms with E-state index in [1.54, 1.807) is 6.92 Å². The van der Waals surface area contributed by atoms with E-state index in [2.05, 4.69) is 12.2 Å². The van der Waals surface area contributed by atoms with E-state index >= 15 is 0 Å². The molecule has 1 rings (SSSR count). The number of rotatable bonds is 6. The normalized spacial score (nSPS) is 19.9. The number of likely N-dealkylation sites (tertiary alicyclic amines) is 1. The minimum absolute atomic E-state index is 0.0631. The number of nitrogens with zero attached hydrogens (tertiary/aromatic N) is 1. The van der Waals surface area contributed by atoms with Gasteiger partial charge in [0, 0.05) is 13.1 Å². The Kier molecular flexibility index (Phi) is 5.99. The van der Waals surface area contributed by atoms with Gasteiger partial charge in [0.25, 0.3) is 0 Å². The largest absolute Gasteiger partial charge is 0.368 e. The van der Waals surface area contributed by atoms with E-state index in [-0.39, 0.29) is 12.5 Å². The number of hydrogen-bond acceptors (Lipinski definition) is 3. The van der Waals surface area contributed by atoms with Crippen LogP contribution in [-0.2, 0) is 9.59 Å². The third-order valence-electron chi connectivity index (χ3n) is 4.13. The van der Waals surface area contributed by atoms with Crippen LogP contribution < -0.4 is 11.1 Å². The van der Waals surface area contributed by atoms with Crippen molar-refractivity contribution in [1.82, 2.24) is 10.2 Å². The number of primary amides is 1. The molecule has 1 aliphatic heterocycles. The summed E-state index contributed by atoms with van der Waals surface area (Å²) in [6.45, 7) is 9.89. The van der Waals surface area contributed by atoms with Gasteiger partial charge in [0.1, 0.15) is 0 Å². The summed E-state index contributed by atoms with van der Waals surface area (Å²) in [5, 5.41) is 3.07. The number of nitrogens with one attached hydrogen (secondary N) is 1. The van der Waals surface area contributed by atoms with E-state index in [0.717, 1.165) is 25.9 Å².